The summed E-state index contributed by atoms with van der Waals surface area (Å²) in [5.74, 6) is -0.419. The molecule has 7 heteroatoms. The highest BCUT2D eigenvalue weighted by Crippen LogP contribution is 2.14. The van der Waals surface area contributed by atoms with Crippen LogP contribution in [0.25, 0.3) is 0 Å². The van der Waals surface area contributed by atoms with E-state index in [1.54, 1.807) is 17.0 Å². The SMILES string of the molecule is CCOCCCN(CC(=O)Nc1nc(C)cs1)C(=O)c1ccccc1. The summed E-state index contributed by atoms with van der Waals surface area (Å²) in [7, 11) is 0. The summed E-state index contributed by atoms with van der Waals surface area (Å²) in [6, 6.07) is 8.97. The summed E-state index contributed by atoms with van der Waals surface area (Å²) in [4.78, 5) is 30.7. The molecule has 0 saturated heterocycles. The highest BCUT2D eigenvalue weighted by Gasteiger charge is 2.19. The minimum Gasteiger partial charge on any atom is -0.382 e. The van der Waals surface area contributed by atoms with E-state index in [0.29, 0.717) is 36.9 Å². The molecule has 2 amide bonds. The van der Waals surface area contributed by atoms with Crippen molar-refractivity contribution in [1.82, 2.24) is 9.88 Å². The van der Waals surface area contributed by atoms with E-state index in [0.717, 1.165) is 5.69 Å². The molecule has 0 saturated carbocycles. The molecular weight excluding hydrogens is 338 g/mol. The number of anilines is 1. The van der Waals surface area contributed by atoms with Gasteiger partial charge in [-0.2, -0.15) is 0 Å². The van der Waals surface area contributed by atoms with Crippen LogP contribution in [0.5, 0.6) is 0 Å². The molecular formula is C18H23N3O3S. The monoisotopic (exact) mass is 361 g/mol. The molecule has 25 heavy (non-hydrogen) atoms. The topological polar surface area (TPSA) is 71.5 Å². The second kappa shape index (κ2) is 9.90. The number of nitrogens with one attached hydrogen (secondary N) is 1. The minimum atomic E-state index is -0.255. The number of ether oxygens (including phenoxy) is 1. The summed E-state index contributed by atoms with van der Waals surface area (Å²) >= 11 is 1.37. The van der Waals surface area contributed by atoms with Crippen molar-refractivity contribution in [2.24, 2.45) is 0 Å². The number of rotatable bonds is 9. The Labute approximate surface area is 151 Å². The van der Waals surface area contributed by atoms with Gasteiger partial charge in [-0.3, -0.25) is 9.59 Å². The van der Waals surface area contributed by atoms with E-state index in [1.807, 2.05) is 37.4 Å². The molecule has 0 radical (unpaired) electrons. The second-order valence-electron chi connectivity index (χ2n) is 5.49. The highest BCUT2D eigenvalue weighted by atomic mass is 32.1. The molecule has 6 nitrogen and oxygen atoms in total. The Hall–Kier alpha value is -2.25. The Balaban J connectivity index is 1.99. The minimum absolute atomic E-state index is 0.0154. The van der Waals surface area contributed by atoms with Crippen molar-refractivity contribution in [2.75, 3.05) is 31.6 Å². The van der Waals surface area contributed by atoms with Gasteiger partial charge in [-0.25, -0.2) is 4.98 Å². The fraction of sp³-hybridized carbons (Fsp3) is 0.389. The van der Waals surface area contributed by atoms with Gasteiger partial charge in [-0.1, -0.05) is 18.2 Å². The van der Waals surface area contributed by atoms with Gasteiger partial charge in [0.1, 0.15) is 6.54 Å². The van der Waals surface area contributed by atoms with Crippen LogP contribution < -0.4 is 5.32 Å². The fourth-order valence-electron chi connectivity index (χ4n) is 2.26. The first-order chi connectivity index (χ1) is 12.1. The third-order valence-electron chi connectivity index (χ3n) is 3.43. The number of amides is 2. The molecule has 1 aromatic heterocycles. The number of nitrogens with zero attached hydrogens (tertiary/aromatic N) is 2. The first-order valence-corrected chi connectivity index (χ1v) is 9.12. The lowest BCUT2D eigenvalue weighted by atomic mass is 10.2. The van der Waals surface area contributed by atoms with Gasteiger partial charge in [0, 0.05) is 30.7 Å². The largest absolute Gasteiger partial charge is 0.382 e. The van der Waals surface area contributed by atoms with Gasteiger partial charge in [0.05, 0.1) is 5.69 Å². The quantitative estimate of drug-likeness (QED) is 0.697. The Bertz CT molecular complexity index is 688. The molecule has 1 N–H and O–H groups in total. The molecule has 0 unspecified atom stereocenters. The van der Waals surface area contributed by atoms with Crippen LogP contribution in [0, 0.1) is 6.92 Å². The molecule has 134 valence electrons. The van der Waals surface area contributed by atoms with Crippen LogP contribution in [0.3, 0.4) is 0 Å². The maximum absolute atomic E-state index is 12.7. The number of aryl methyl sites for hydroxylation is 1. The summed E-state index contributed by atoms with van der Waals surface area (Å²) in [6.45, 7) is 5.43. The van der Waals surface area contributed by atoms with Gasteiger partial charge in [0.25, 0.3) is 5.91 Å². The lowest BCUT2D eigenvalue weighted by molar-refractivity contribution is -0.116. The molecule has 0 aliphatic heterocycles. The number of hydrogen-bond acceptors (Lipinski definition) is 5. The third-order valence-corrected chi connectivity index (χ3v) is 4.30. The molecule has 0 fully saturated rings. The van der Waals surface area contributed by atoms with E-state index in [2.05, 4.69) is 10.3 Å². The summed E-state index contributed by atoms with van der Waals surface area (Å²) < 4.78 is 5.33. The average molecular weight is 361 g/mol. The maximum Gasteiger partial charge on any atom is 0.254 e. The first-order valence-electron chi connectivity index (χ1n) is 8.24. The van der Waals surface area contributed by atoms with E-state index < -0.39 is 0 Å². The van der Waals surface area contributed by atoms with E-state index in [1.165, 1.54) is 11.3 Å². The number of thiazole rings is 1. The number of hydrogen-bond donors (Lipinski definition) is 1. The van der Waals surface area contributed by atoms with Crippen molar-refractivity contribution in [3.63, 3.8) is 0 Å². The fourth-order valence-corrected chi connectivity index (χ4v) is 2.97. The summed E-state index contributed by atoms with van der Waals surface area (Å²) in [5, 5.41) is 5.16. The van der Waals surface area contributed by atoms with E-state index in [4.69, 9.17) is 4.74 Å². The number of aromatic nitrogens is 1. The number of carbonyl (C=O) groups excluding carboxylic acids is 2. The van der Waals surface area contributed by atoms with Crippen molar-refractivity contribution in [3.8, 4) is 0 Å². The smallest absolute Gasteiger partial charge is 0.254 e. The Morgan fingerprint density at radius 2 is 2.04 bits per heavy atom. The maximum atomic E-state index is 12.7. The normalized spacial score (nSPS) is 10.5. The van der Waals surface area contributed by atoms with Gasteiger partial charge in [-0.15, -0.1) is 11.3 Å². The zero-order valence-corrected chi connectivity index (χ0v) is 15.3. The molecule has 2 rings (SSSR count). The molecule has 2 aromatic rings. The zero-order chi connectivity index (χ0) is 18.1. The number of benzene rings is 1. The lowest BCUT2D eigenvalue weighted by Gasteiger charge is -2.22. The molecule has 0 bridgehead atoms. The van der Waals surface area contributed by atoms with Gasteiger partial charge < -0.3 is 15.0 Å². The van der Waals surface area contributed by atoms with E-state index in [-0.39, 0.29) is 18.4 Å². The van der Waals surface area contributed by atoms with Crippen molar-refractivity contribution < 1.29 is 14.3 Å². The van der Waals surface area contributed by atoms with Gasteiger partial charge in [0.15, 0.2) is 5.13 Å². The molecule has 0 atom stereocenters. The predicted octanol–water partition coefficient (Wildman–Crippen LogP) is 2.96. The van der Waals surface area contributed by atoms with Crippen molar-refractivity contribution in [3.05, 3.63) is 47.0 Å². The average Bonchev–Trinajstić information content (AvgIpc) is 3.02. The van der Waals surface area contributed by atoms with Crippen molar-refractivity contribution >= 4 is 28.3 Å². The number of carbonyl (C=O) groups is 2. The van der Waals surface area contributed by atoms with Gasteiger partial charge in [0.2, 0.25) is 5.91 Å². The Kier molecular flexibility index (Phi) is 7.56. The van der Waals surface area contributed by atoms with E-state index >= 15 is 0 Å². The van der Waals surface area contributed by atoms with Crippen LogP contribution in [0.1, 0.15) is 29.4 Å². The van der Waals surface area contributed by atoms with Crippen LogP contribution in [0.15, 0.2) is 35.7 Å². The molecule has 0 aliphatic rings. The van der Waals surface area contributed by atoms with Crippen LogP contribution in [-0.4, -0.2) is 48.0 Å². The van der Waals surface area contributed by atoms with Gasteiger partial charge >= 0.3 is 0 Å². The van der Waals surface area contributed by atoms with Crippen LogP contribution in [-0.2, 0) is 9.53 Å². The summed E-state index contributed by atoms with van der Waals surface area (Å²) in [5.41, 5.74) is 1.42. The van der Waals surface area contributed by atoms with Crippen LogP contribution in [0.2, 0.25) is 0 Å². The Morgan fingerprint density at radius 1 is 1.28 bits per heavy atom. The molecule has 1 aromatic carbocycles. The first kappa shape index (κ1) is 19.1. The third kappa shape index (κ3) is 6.28. The van der Waals surface area contributed by atoms with Crippen LogP contribution >= 0.6 is 11.3 Å². The van der Waals surface area contributed by atoms with Gasteiger partial charge in [-0.05, 0) is 32.4 Å². The zero-order valence-electron chi connectivity index (χ0n) is 14.5. The summed E-state index contributed by atoms with van der Waals surface area (Å²) in [6.07, 6.45) is 0.677. The van der Waals surface area contributed by atoms with Crippen molar-refractivity contribution in [2.45, 2.75) is 20.3 Å². The second-order valence-corrected chi connectivity index (χ2v) is 6.34. The van der Waals surface area contributed by atoms with Crippen molar-refractivity contribution in [1.29, 1.82) is 0 Å². The highest BCUT2D eigenvalue weighted by molar-refractivity contribution is 7.13. The predicted molar refractivity (Wildman–Crippen MR) is 98.9 cm³/mol. The molecule has 0 aliphatic carbocycles. The lowest BCUT2D eigenvalue weighted by Crippen LogP contribution is -2.39. The Morgan fingerprint density at radius 3 is 2.68 bits per heavy atom. The van der Waals surface area contributed by atoms with E-state index in [9.17, 15) is 9.59 Å². The van der Waals surface area contributed by atoms with Crippen LogP contribution in [0.4, 0.5) is 5.13 Å². The molecule has 0 spiro atoms. The molecule has 1 heterocycles. The standard InChI is InChI=1S/C18H23N3O3S/c1-3-24-11-7-10-21(17(23)15-8-5-4-6-9-15)12-16(22)20-18-19-14(2)13-25-18/h4-6,8-9,13H,3,7,10-12H2,1-2H3,(H,19,20,22).